The van der Waals surface area contributed by atoms with E-state index in [-0.39, 0.29) is 31.4 Å². The number of benzene rings is 2. The van der Waals surface area contributed by atoms with E-state index < -0.39 is 0 Å². The Kier molecular flexibility index (Phi) is 6.90. The Bertz CT molecular complexity index is 705. The number of carbonyl (C=O) groups excluding carboxylic acids is 2. The summed E-state index contributed by atoms with van der Waals surface area (Å²) in [6, 6.07) is 13.6. The van der Waals surface area contributed by atoms with Gasteiger partial charge in [0.25, 0.3) is 0 Å². The van der Waals surface area contributed by atoms with Gasteiger partial charge in [0.2, 0.25) is 11.8 Å². The van der Waals surface area contributed by atoms with Crippen LogP contribution < -0.4 is 15.4 Å². The van der Waals surface area contributed by atoms with Gasteiger partial charge in [0.1, 0.15) is 5.75 Å². The lowest BCUT2D eigenvalue weighted by Gasteiger charge is -2.08. The third kappa shape index (κ3) is 6.48. The summed E-state index contributed by atoms with van der Waals surface area (Å²) < 4.78 is 5.41. The maximum absolute atomic E-state index is 11.7. The van der Waals surface area contributed by atoms with E-state index in [1.54, 1.807) is 48.5 Å². The number of anilines is 1. The van der Waals surface area contributed by atoms with Crippen molar-refractivity contribution in [3.05, 3.63) is 58.6 Å². The topological polar surface area (TPSA) is 67.4 Å². The molecule has 0 aliphatic rings. The smallest absolute Gasteiger partial charge is 0.243 e. The summed E-state index contributed by atoms with van der Waals surface area (Å²) in [6.07, 6.45) is 0.140. The van der Waals surface area contributed by atoms with E-state index in [9.17, 15) is 9.59 Å². The molecule has 24 heavy (non-hydrogen) atoms. The molecule has 0 fully saturated rings. The molecule has 0 radical (unpaired) electrons. The van der Waals surface area contributed by atoms with Crippen molar-refractivity contribution in [3.8, 4) is 5.75 Å². The van der Waals surface area contributed by atoms with Crippen LogP contribution >= 0.6 is 23.2 Å². The maximum atomic E-state index is 11.7. The highest BCUT2D eigenvalue weighted by molar-refractivity contribution is 6.31. The Morgan fingerprint density at radius 1 is 0.958 bits per heavy atom. The van der Waals surface area contributed by atoms with Crippen molar-refractivity contribution < 1.29 is 14.3 Å². The number of hydrogen-bond acceptors (Lipinski definition) is 3. The molecular formula is C17H16Cl2N2O3. The van der Waals surface area contributed by atoms with Crippen molar-refractivity contribution in [1.29, 1.82) is 0 Å². The molecule has 0 bridgehead atoms. The largest absolute Gasteiger partial charge is 0.493 e. The van der Waals surface area contributed by atoms with E-state index in [1.165, 1.54) is 0 Å². The molecule has 0 spiro atoms. The third-order valence-corrected chi connectivity index (χ3v) is 3.46. The van der Waals surface area contributed by atoms with Gasteiger partial charge in [0.15, 0.2) is 0 Å². The fraction of sp³-hybridized carbons (Fsp3) is 0.176. The van der Waals surface area contributed by atoms with Crippen molar-refractivity contribution in [3.63, 3.8) is 0 Å². The third-order valence-electron chi connectivity index (χ3n) is 2.97. The first-order valence-electron chi connectivity index (χ1n) is 7.23. The van der Waals surface area contributed by atoms with Gasteiger partial charge in [-0.2, -0.15) is 0 Å². The Morgan fingerprint density at radius 3 is 2.42 bits per heavy atom. The van der Waals surface area contributed by atoms with Crippen LogP contribution in [0.25, 0.3) is 0 Å². The summed E-state index contributed by atoms with van der Waals surface area (Å²) in [5.74, 6) is 0.000461. The predicted octanol–water partition coefficient (Wildman–Crippen LogP) is 3.52. The van der Waals surface area contributed by atoms with Crippen LogP contribution in [-0.4, -0.2) is 25.0 Å². The molecule has 2 rings (SSSR count). The first kappa shape index (κ1) is 18.1. The highest BCUT2D eigenvalue weighted by atomic mass is 35.5. The van der Waals surface area contributed by atoms with Gasteiger partial charge in [-0.05, 0) is 42.5 Å². The van der Waals surface area contributed by atoms with Crippen LogP contribution in [0.1, 0.15) is 6.42 Å². The molecule has 0 saturated heterocycles. The van der Waals surface area contributed by atoms with E-state index in [0.717, 1.165) is 0 Å². The Morgan fingerprint density at radius 2 is 1.71 bits per heavy atom. The lowest BCUT2D eigenvalue weighted by atomic mass is 10.3. The van der Waals surface area contributed by atoms with Gasteiger partial charge in [0, 0.05) is 15.7 Å². The van der Waals surface area contributed by atoms with Crippen LogP contribution in [0.4, 0.5) is 5.69 Å². The quantitative estimate of drug-likeness (QED) is 0.787. The summed E-state index contributed by atoms with van der Waals surface area (Å²) in [4.78, 5) is 23.4. The van der Waals surface area contributed by atoms with Crippen molar-refractivity contribution in [2.45, 2.75) is 6.42 Å². The number of halogens is 2. The SMILES string of the molecule is O=C(CCOc1cccc(Cl)c1)NCC(=O)Nc1ccc(Cl)cc1. The molecule has 0 aromatic heterocycles. The number of nitrogens with one attached hydrogen (secondary N) is 2. The second-order valence-corrected chi connectivity index (χ2v) is 5.76. The molecule has 126 valence electrons. The molecule has 0 aliphatic carbocycles. The van der Waals surface area contributed by atoms with E-state index in [1.807, 2.05) is 0 Å². The highest BCUT2D eigenvalue weighted by Gasteiger charge is 2.06. The molecule has 2 N–H and O–H groups in total. The lowest BCUT2D eigenvalue weighted by molar-refractivity contribution is -0.124. The molecule has 2 amide bonds. The zero-order valence-corrected chi connectivity index (χ0v) is 14.2. The fourth-order valence-corrected chi connectivity index (χ4v) is 2.13. The first-order chi connectivity index (χ1) is 11.5. The van der Waals surface area contributed by atoms with Gasteiger partial charge in [-0.25, -0.2) is 0 Å². The number of amides is 2. The minimum absolute atomic E-state index is 0.112. The van der Waals surface area contributed by atoms with Crippen LogP contribution in [0.15, 0.2) is 48.5 Å². The van der Waals surface area contributed by atoms with Gasteiger partial charge >= 0.3 is 0 Å². The van der Waals surface area contributed by atoms with Gasteiger partial charge in [-0.3, -0.25) is 9.59 Å². The van der Waals surface area contributed by atoms with Crippen molar-refractivity contribution >= 4 is 40.7 Å². The van der Waals surface area contributed by atoms with E-state index in [2.05, 4.69) is 10.6 Å². The van der Waals surface area contributed by atoms with Crippen LogP contribution in [0.5, 0.6) is 5.75 Å². The van der Waals surface area contributed by atoms with Crippen molar-refractivity contribution in [2.75, 3.05) is 18.5 Å². The molecule has 0 unspecified atom stereocenters. The minimum Gasteiger partial charge on any atom is -0.493 e. The Labute approximate surface area is 149 Å². The maximum Gasteiger partial charge on any atom is 0.243 e. The van der Waals surface area contributed by atoms with Crippen LogP contribution in [0.3, 0.4) is 0 Å². The molecule has 0 saturated carbocycles. The highest BCUT2D eigenvalue weighted by Crippen LogP contribution is 2.17. The van der Waals surface area contributed by atoms with E-state index >= 15 is 0 Å². The first-order valence-corrected chi connectivity index (χ1v) is 7.99. The van der Waals surface area contributed by atoms with Gasteiger partial charge in [0.05, 0.1) is 19.6 Å². The predicted molar refractivity (Wildman–Crippen MR) is 94.7 cm³/mol. The second-order valence-electron chi connectivity index (χ2n) is 4.89. The van der Waals surface area contributed by atoms with Gasteiger partial charge < -0.3 is 15.4 Å². The molecule has 0 aliphatic heterocycles. The average Bonchev–Trinajstić information content (AvgIpc) is 2.55. The minimum atomic E-state index is -0.318. The number of ether oxygens (including phenoxy) is 1. The number of rotatable bonds is 7. The summed E-state index contributed by atoms with van der Waals surface area (Å²) >= 11 is 11.6. The van der Waals surface area contributed by atoms with Gasteiger partial charge in [-0.1, -0.05) is 29.3 Å². The molecular weight excluding hydrogens is 351 g/mol. The van der Waals surface area contributed by atoms with Crippen LogP contribution in [0, 0.1) is 0 Å². The summed E-state index contributed by atoms with van der Waals surface area (Å²) in [6.45, 7) is 0.0869. The molecule has 5 nitrogen and oxygen atoms in total. The second kappa shape index (κ2) is 9.15. The van der Waals surface area contributed by atoms with E-state index in [4.69, 9.17) is 27.9 Å². The number of carbonyl (C=O) groups is 2. The zero-order chi connectivity index (χ0) is 17.4. The van der Waals surface area contributed by atoms with Crippen molar-refractivity contribution in [2.24, 2.45) is 0 Å². The lowest BCUT2D eigenvalue weighted by Crippen LogP contribution is -2.33. The summed E-state index contributed by atoms with van der Waals surface area (Å²) in [7, 11) is 0. The Balaban J connectivity index is 1.65. The summed E-state index contributed by atoms with van der Waals surface area (Å²) in [5.41, 5.74) is 0.614. The van der Waals surface area contributed by atoms with E-state index in [0.29, 0.717) is 21.5 Å². The monoisotopic (exact) mass is 366 g/mol. The molecule has 0 atom stereocenters. The average molecular weight is 367 g/mol. The van der Waals surface area contributed by atoms with Gasteiger partial charge in [-0.15, -0.1) is 0 Å². The normalized spacial score (nSPS) is 10.1. The number of hydrogen-bond donors (Lipinski definition) is 2. The Hall–Kier alpha value is -2.24. The standard InChI is InChI=1S/C17H16Cl2N2O3/c18-12-4-6-14(7-5-12)21-17(23)11-20-16(22)8-9-24-15-3-1-2-13(19)10-15/h1-7,10H,8-9,11H2,(H,20,22)(H,21,23). The molecule has 2 aromatic rings. The van der Waals surface area contributed by atoms with Crippen LogP contribution in [-0.2, 0) is 9.59 Å². The molecule has 0 heterocycles. The zero-order valence-electron chi connectivity index (χ0n) is 12.7. The fourth-order valence-electron chi connectivity index (χ4n) is 1.82. The van der Waals surface area contributed by atoms with Crippen molar-refractivity contribution in [1.82, 2.24) is 5.32 Å². The van der Waals surface area contributed by atoms with Crippen LogP contribution in [0.2, 0.25) is 10.0 Å². The molecule has 2 aromatic carbocycles. The summed E-state index contributed by atoms with van der Waals surface area (Å²) in [5, 5.41) is 6.33. The molecule has 7 heteroatoms.